The number of likely N-dealkylation sites (tertiary alicyclic amines) is 1. The topological polar surface area (TPSA) is 28.4 Å². The molecule has 2 rings (SSSR count). The molecule has 1 aliphatic rings. The number of rotatable bonds is 7. The summed E-state index contributed by atoms with van der Waals surface area (Å²) in [6.45, 7) is 6.78. The van der Waals surface area contributed by atoms with Crippen molar-refractivity contribution in [2.24, 2.45) is 0 Å². The largest absolute Gasteiger partial charge is 0.464 e. The zero-order valence-corrected chi connectivity index (χ0v) is 12.3. The van der Waals surface area contributed by atoms with Crippen molar-refractivity contribution in [1.82, 2.24) is 10.2 Å². The Bertz CT molecular complexity index is 347. The predicted molar refractivity (Wildman–Crippen MR) is 77.9 cm³/mol. The molecular formula is C14H24N2OS. The standard InChI is InChI=1S/C14H24N2OS/c1-12(10-16-7-3-4-8-16)15-9-13-5-6-14(17-13)11-18-2/h5-6,12,15H,3-4,7-11H2,1-2H3. The summed E-state index contributed by atoms with van der Waals surface area (Å²) < 4.78 is 5.75. The molecule has 1 aromatic heterocycles. The van der Waals surface area contributed by atoms with Gasteiger partial charge < -0.3 is 14.6 Å². The molecule has 0 bridgehead atoms. The zero-order valence-electron chi connectivity index (χ0n) is 11.4. The van der Waals surface area contributed by atoms with Crippen LogP contribution in [0.2, 0.25) is 0 Å². The maximum absolute atomic E-state index is 5.75. The Kier molecular flexibility index (Phi) is 5.60. The molecule has 2 heterocycles. The number of hydrogen-bond acceptors (Lipinski definition) is 4. The van der Waals surface area contributed by atoms with E-state index in [2.05, 4.69) is 35.5 Å². The van der Waals surface area contributed by atoms with Crippen molar-refractivity contribution in [2.75, 3.05) is 25.9 Å². The van der Waals surface area contributed by atoms with Crippen LogP contribution >= 0.6 is 11.8 Å². The van der Waals surface area contributed by atoms with Crippen LogP contribution in [-0.4, -0.2) is 36.8 Å². The number of nitrogens with zero attached hydrogens (tertiary/aromatic N) is 1. The molecule has 1 atom stereocenters. The molecule has 1 N–H and O–H groups in total. The van der Waals surface area contributed by atoms with Crippen molar-refractivity contribution in [1.29, 1.82) is 0 Å². The molecule has 0 aliphatic carbocycles. The Morgan fingerprint density at radius 1 is 1.33 bits per heavy atom. The molecular weight excluding hydrogens is 244 g/mol. The van der Waals surface area contributed by atoms with E-state index in [1.807, 2.05) is 0 Å². The highest BCUT2D eigenvalue weighted by atomic mass is 32.2. The first-order chi connectivity index (χ1) is 8.78. The first-order valence-corrected chi connectivity index (χ1v) is 8.19. The first-order valence-electron chi connectivity index (χ1n) is 6.80. The van der Waals surface area contributed by atoms with Gasteiger partial charge in [-0.25, -0.2) is 0 Å². The third kappa shape index (κ3) is 4.34. The molecule has 4 heteroatoms. The van der Waals surface area contributed by atoms with Gasteiger partial charge in [0.2, 0.25) is 0 Å². The lowest BCUT2D eigenvalue weighted by molar-refractivity contribution is 0.294. The molecule has 0 spiro atoms. The average molecular weight is 268 g/mol. The molecule has 1 aromatic rings. The Morgan fingerprint density at radius 3 is 2.78 bits per heavy atom. The maximum Gasteiger partial charge on any atom is 0.118 e. The lowest BCUT2D eigenvalue weighted by Crippen LogP contribution is -2.37. The molecule has 1 unspecified atom stereocenters. The first kappa shape index (κ1) is 14.0. The van der Waals surface area contributed by atoms with Crippen molar-refractivity contribution in [3.8, 4) is 0 Å². The maximum atomic E-state index is 5.75. The van der Waals surface area contributed by atoms with Gasteiger partial charge in [0, 0.05) is 12.6 Å². The molecule has 3 nitrogen and oxygen atoms in total. The number of hydrogen-bond donors (Lipinski definition) is 1. The van der Waals surface area contributed by atoms with Crippen molar-refractivity contribution < 1.29 is 4.42 Å². The molecule has 1 fully saturated rings. The van der Waals surface area contributed by atoms with Gasteiger partial charge in [0.05, 0.1) is 12.3 Å². The van der Waals surface area contributed by atoms with Crippen LogP contribution in [0.15, 0.2) is 16.5 Å². The van der Waals surface area contributed by atoms with Crippen LogP contribution in [0.4, 0.5) is 0 Å². The Hall–Kier alpha value is -0.450. The smallest absolute Gasteiger partial charge is 0.118 e. The minimum absolute atomic E-state index is 0.525. The van der Waals surface area contributed by atoms with Crippen LogP contribution in [0, 0.1) is 0 Å². The van der Waals surface area contributed by atoms with Crippen LogP contribution in [0.25, 0.3) is 0 Å². The molecule has 18 heavy (non-hydrogen) atoms. The Labute approximate surface area is 114 Å². The highest BCUT2D eigenvalue weighted by Crippen LogP contribution is 2.13. The van der Waals surface area contributed by atoms with Gasteiger partial charge in [0.25, 0.3) is 0 Å². The van der Waals surface area contributed by atoms with Gasteiger partial charge in [0.1, 0.15) is 11.5 Å². The summed E-state index contributed by atoms with van der Waals surface area (Å²) in [4.78, 5) is 2.54. The number of nitrogens with one attached hydrogen (secondary N) is 1. The van der Waals surface area contributed by atoms with Crippen molar-refractivity contribution in [2.45, 2.75) is 38.1 Å². The summed E-state index contributed by atoms with van der Waals surface area (Å²) in [7, 11) is 0. The normalized spacial score (nSPS) is 18.3. The van der Waals surface area contributed by atoms with Crippen LogP contribution in [0.3, 0.4) is 0 Å². The molecule has 0 amide bonds. The average Bonchev–Trinajstić information content (AvgIpc) is 2.99. The second-order valence-electron chi connectivity index (χ2n) is 5.09. The molecule has 0 radical (unpaired) electrons. The van der Waals surface area contributed by atoms with E-state index in [9.17, 15) is 0 Å². The molecule has 1 saturated heterocycles. The van der Waals surface area contributed by atoms with Crippen molar-refractivity contribution >= 4 is 11.8 Å². The fourth-order valence-corrected chi connectivity index (χ4v) is 2.87. The van der Waals surface area contributed by atoms with Gasteiger partial charge in [-0.2, -0.15) is 11.8 Å². The van der Waals surface area contributed by atoms with E-state index >= 15 is 0 Å². The van der Waals surface area contributed by atoms with E-state index in [-0.39, 0.29) is 0 Å². The van der Waals surface area contributed by atoms with E-state index in [0.29, 0.717) is 6.04 Å². The molecule has 0 saturated carbocycles. The summed E-state index contributed by atoms with van der Waals surface area (Å²) >= 11 is 1.79. The second-order valence-corrected chi connectivity index (χ2v) is 5.96. The highest BCUT2D eigenvalue weighted by Gasteiger charge is 2.14. The summed E-state index contributed by atoms with van der Waals surface area (Å²) in [6.07, 6.45) is 4.82. The van der Waals surface area contributed by atoms with Crippen LogP contribution in [0.5, 0.6) is 0 Å². The van der Waals surface area contributed by atoms with Gasteiger partial charge in [-0.15, -0.1) is 0 Å². The minimum Gasteiger partial charge on any atom is -0.464 e. The molecule has 1 aliphatic heterocycles. The second kappa shape index (κ2) is 7.22. The lowest BCUT2D eigenvalue weighted by Gasteiger charge is -2.20. The fourth-order valence-electron chi connectivity index (χ4n) is 2.43. The highest BCUT2D eigenvalue weighted by molar-refractivity contribution is 7.97. The molecule has 0 aromatic carbocycles. The quantitative estimate of drug-likeness (QED) is 0.823. The van der Waals surface area contributed by atoms with Gasteiger partial charge in [0.15, 0.2) is 0 Å². The van der Waals surface area contributed by atoms with Crippen LogP contribution in [0.1, 0.15) is 31.3 Å². The monoisotopic (exact) mass is 268 g/mol. The van der Waals surface area contributed by atoms with Crippen molar-refractivity contribution in [3.63, 3.8) is 0 Å². The lowest BCUT2D eigenvalue weighted by atomic mass is 10.3. The van der Waals surface area contributed by atoms with Crippen molar-refractivity contribution in [3.05, 3.63) is 23.7 Å². The summed E-state index contributed by atoms with van der Waals surface area (Å²) in [5.74, 6) is 3.09. The molecule has 102 valence electrons. The predicted octanol–water partition coefficient (Wildman–Crippen LogP) is 2.72. The van der Waals surface area contributed by atoms with Gasteiger partial charge >= 0.3 is 0 Å². The van der Waals surface area contributed by atoms with E-state index < -0.39 is 0 Å². The third-order valence-corrected chi connectivity index (χ3v) is 3.93. The van der Waals surface area contributed by atoms with E-state index in [1.54, 1.807) is 11.8 Å². The Morgan fingerprint density at radius 2 is 2.06 bits per heavy atom. The fraction of sp³-hybridized carbons (Fsp3) is 0.714. The number of thioether (sulfide) groups is 1. The Balaban J connectivity index is 1.69. The summed E-state index contributed by atoms with van der Waals surface area (Å²) in [5.41, 5.74) is 0. The van der Waals surface area contributed by atoms with Crippen LogP contribution in [-0.2, 0) is 12.3 Å². The van der Waals surface area contributed by atoms with E-state index in [0.717, 1.165) is 30.4 Å². The van der Waals surface area contributed by atoms with Crippen LogP contribution < -0.4 is 5.32 Å². The van der Waals surface area contributed by atoms with Gasteiger partial charge in [-0.05, 0) is 51.2 Å². The SMILES string of the molecule is CSCc1ccc(CNC(C)CN2CCCC2)o1. The minimum atomic E-state index is 0.525. The summed E-state index contributed by atoms with van der Waals surface area (Å²) in [5, 5.41) is 3.54. The third-order valence-electron chi connectivity index (χ3n) is 3.36. The number of furan rings is 1. The van der Waals surface area contributed by atoms with E-state index in [1.165, 1.54) is 25.9 Å². The van der Waals surface area contributed by atoms with E-state index in [4.69, 9.17) is 4.42 Å². The van der Waals surface area contributed by atoms with Gasteiger partial charge in [-0.3, -0.25) is 0 Å². The van der Waals surface area contributed by atoms with Gasteiger partial charge in [-0.1, -0.05) is 0 Å². The summed E-state index contributed by atoms with van der Waals surface area (Å²) in [6, 6.07) is 4.69. The zero-order chi connectivity index (χ0) is 12.8.